The third-order valence-corrected chi connectivity index (χ3v) is 4.93. The minimum Gasteiger partial charge on any atom is -0.497 e. The highest BCUT2D eigenvalue weighted by atomic mass is 35.5. The molecule has 11 nitrogen and oxygen atoms in total. The number of amides is 1. The molecule has 0 fully saturated rings. The molecule has 2 aromatic heterocycles. The molecule has 4 N–H and O–H groups in total. The lowest BCUT2D eigenvalue weighted by atomic mass is 10.1. The van der Waals surface area contributed by atoms with Crippen LogP contribution in [0, 0.1) is 0 Å². The van der Waals surface area contributed by atoms with Crippen molar-refractivity contribution in [3.05, 3.63) is 78.3 Å². The zero-order chi connectivity index (χ0) is 25.3. The second-order valence-corrected chi connectivity index (χ2v) is 7.66. The second kappa shape index (κ2) is 12.9. The van der Waals surface area contributed by atoms with Crippen LogP contribution in [0.15, 0.2) is 76.4 Å². The lowest BCUT2D eigenvalue weighted by Gasteiger charge is -2.10. The van der Waals surface area contributed by atoms with Crippen molar-refractivity contribution in [1.29, 1.82) is 0 Å². The normalized spacial score (nSPS) is 10.7. The molecule has 2 aromatic carbocycles. The van der Waals surface area contributed by atoms with Gasteiger partial charge in [-0.2, -0.15) is 20.1 Å². The summed E-state index contributed by atoms with van der Waals surface area (Å²) in [6.45, 7) is 3.73. The van der Waals surface area contributed by atoms with Crippen LogP contribution in [-0.2, 0) is 11.3 Å². The lowest BCUT2D eigenvalue weighted by Crippen LogP contribution is -2.10. The van der Waals surface area contributed by atoms with Gasteiger partial charge in [-0.3, -0.25) is 4.79 Å². The number of anilines is 5. The molecule has 2 heterocycles. The topological polar surface area (TPSA) is 139 Å². The molecule has 0 saturated carbocycles. The van der Waals surface area contributed by atoms with Gasteiger partial charge in [-0.05, 0) is 61.0 Å². The number of ether oxygens (including phenoxy) is 1. The van der Waals surface area contributed by atoms with Crippen LogP contribution in [0.2, 0.25) is 0 Å². The first-order chi connectivity index (χ1) is 17.5. The minimum absolute atomic E-state index is 0. The van der Waals surface area contributed by atoms with Crippen molar-refractivity contribution in [1.82, 2.24) is 15.0 Å². The van der Waals surface area contributed by atoms with Crippen molar-refractivity contribution in [3.63, 3.8) is 0 Å². The summed E-state index contributed by atoms with van der Waals surface area (Å²) in [7, 11) is 1.61. The Hall–Kier alpha value is -4.64. The molecule has 1 amide bonds. The Kier molecular flexibility index (Phi) is 9.39. The maximum atomic E-state index is 11.2. The number of methoxy groups -OCH3 is 1. The van der Waals surface area contributed by atoms with E-state index in [1.165, 1.54) is 6.92 Å². The molecule has 0 radical (unpaired) electrons. The molecule has 0 bridgehead atoms. The van der Waals surface area contributed by atoms with E-state index in [-0.39, 0.29) is 24.3 Å². The molecule has 0 aliphatic carbocycles. The van der Waals surface area contributed by atoms with E-state index in [0.29, 0.717) is 29.8 Å². The van der Waals surface area contributed by atoms with Gasteiger partial charge in [0.1, 0.15) is 11.5 Å². The van der Waals surface area contributed by atoms with E-state index in [4.69, 9.17) is 9.15 Å². The van der Waals surface area contributed by atoms with Gasteiger partial charge < -0.3 is 25.1 Å². The van der Waals surface area contributed by atoms with Gasteiger partial charge in [-0.1, -0.05) is 12.1 Å². The predicted octanol–water partition coefficient (Wildman–Crippen LogP) is 5.05. The van der Waals surface area contributed by atoms with Crippen LogP contribution in [0.3, 0.4) is 0 Å². The van der Waals surface area contributed by atoms with Crippen LogP contribution in [0.25, 0.3) is 0 Å². The van der Waals surface area contributed by atoms with Crippen molar-refractivity contribution < 1.29 is 13.9 Å². The number of carbonyl (C=O) groups is 1. The number of hydrazone groups is 1. The molecule has 0 atom stereocenters. The van der Waals surface area contributed by atoms with E-state index in [1.54, 1.807) is 13.4 Å². The number of aromatic nitrogens is 3. The molecule has 37 heavy (non-hydrogen) atoms. The molecule has 0 spiro atoms. The van der Waals surface area contributed by atoms with E-state index in [1.807, 2.05) is 67.6 Å². The zero-order valence-corrected chi connectivity index (χ0v) is 21.3. The van der Waals surface area contributed by atoms with Gasteiger partial charge in [0.15, 0.2) is 0 Å². The summed E-state index contributed by atoms with van der Waals surface area (Å²) in [5, 5.41) is 13.5. The average Bonchev–Trinajstić information content (AvgIpc) is 3.40. The molecule has 0 unspecified atom stereocenters. The standard InChI is InChI=1S/C25H26N8O3.ClH/c1-16(18-6-8-19(9-7-18)27-17(2)34)32-33-25-30-23(26-15-22-5-4-14-36-22)29-24(31-25)28-20-10-12-21(35-3)13-11-20;/h4-14H,15H2,1-3H3,(H,27,34)(H3,26,28,29,30,31,33);1H/b32-16+;. The predicted molar refractivity (Wildman–Crippen MR) is 146 cm³/mol. The van der Waals surface area contributed by atoms with Crippen LogP contribution in [0.4, 0.5) is 29.2 Å². The number of furan rings is 1. The highest BCUT2D eigenvalue weighted by Crippen LogP contribution is 2.20. The fraction of sp³-hybridized carbons (Fsp3) is 0.160. The maximum Gasteiger partial charge on any atom is 0.250 e. The van der Waals surface area contributed by atoms with E-state index in [2.05, 4.69) is 41.4 Å². The van der Waals surface area contributed by atoms with Gasteiger partial charge in [0.25, 0.3) is 0 Å². The Bertz CT molecular complexity index is 1330. The minimum atomic E-state index is -0.125. The van der Waals surface area contributed by atoms with Crippen LogP contribution < -0.4 is 26.1 Å². The third kappa shape index (κ3) is 7.94. The van der Waals surface area contributed by atoms with Gasteiger partial charge >= 0.3 is 0 Å². The Morgan fingerprint density at radius 2 is 1.59 bits per heavy atom. The summed E-state index contributed by atoms with van der Waals surface area (Å²) in [4.78, 5) is 24.5. The monoisotopic (exact) mass is 522 g/mol. The van der Waals surface area contributed by atoms with Gasteiger partial charge in [-0.25, -0.2) is 5.43 Å². The Morgan fingerprint density at radius 1 is 0.919 bits per heavy atom. The zero-order valence-electron chi connectivity index (χ0n) is 20.5. The van der Waals surface area contributed by atoms with Crippen molar-refractivity contribution in [2.24, 2.45) is 5.10 Å². The van der Waals surface area contributed by atoms with E-state index < -0.39 is 0 Å². The molecule has 4 aromatic rings. The van der Waals surface area contributed by atoms with Gasteiger partial charge in [0, 0.05) is 18.3 Å². The fourth-order valence-corrected chi connectivity index (χ4v) is 3.14. The number of hydrogen-bond acceptors (Lipinski definition) is 10. The van der Waals surface area contributed by atoms with Gasteiger partial charge in [0.05, 0.1) is 25.6 Å². The largest absolute Gasteiger partial charge is 0.497 e. The van der Waals surface area contributed by atoms with E-state index in [9.17, 15) is 4.79 Å². The number of benzene rings is 2. The Morgan fingerprint density at radius 3 is 2.24 bits per heavy atom. The van der Waals surface area contributed by atoms with Crippen LogP contribution >= 0.6 is 12.4 Å². The third-order valence-electron chi connectivity index (χ3n) is 4.93. The SMILES string of the molecule is COc1ccc(Nc2nc(NCc3ccco3)nc(N/N=C(\C)c3ccc(NC(C)=O)cc3)n2)cc1.Cl. The Balaban J connectivity index is 0.00000380. The first kappa shape index (κ1) is 27.0. The average molecular weight is 523 g/mol. The molecule has 192 valence electrons. The van der Waals surface area contributed by atoms with Crippen molar-refractivity contribution in [2.45, 2.75) is 20.4 Å². The smallest absolute Gasteiger partial charge is 0.250 e. The van der Waals surface area contributed by atoms with Crippen molar-refractivity contribution in [3.8, 4) is 5.75 Å². The molecule has 4 rings (SSSR count). The summed E-state index contributed by atoms with van der Waals surface area (Å²) < 4.78 is 10.6. The molecular weight excluding hydrogens is 496 g/mol. The lowest BCUT2D eigenvalue weighted by molar-refractivity contribution is -0.114. The first-order valence-electron chi connectivity index (χ1n) is 11.1. The summed E-state index contributed by atoms with van der Waals surface area (Å²) in [6, 6.07) is 18.4. The van der Waals surface area contributed by atoms with Gasteiger partial charge in [0.2, 0.25) is 23.8 Å². The molecular formula is C25H27ClN8O3. The van der Waals surface area contributed by atoms with Crippen molar-refractivity contribution >= 4 is 53.2 Å². The number of nitrogens with zero attached hydrogens (tertiary/aromatic N) is 4. The van der Waals surface area contributed by atoms with Crippen LogP contribution in [0.1, 0.15) is 25.2 Å². The fourth-order valence-electron chi connectivity index (χ4n) is 3.14. The summed E-state index contributed by atoms with van der Waals surface area (Å²) >= 11 is 0. The quantitative estimate of drug-likeness (QED) is 0.166. The highest BCUT2D eigenvalue weighted by Gasteiger charge is 2.09. The summed E-state index contributed by atoms with van der Waals surface area (Å²) in [5.74, 6) is 2.28. The van der Waals surface area contributed by atoms with Crippen LogP contribution in [0.5, 0.6) is 5.75 Å². The number of rotatable bonds is 10. The van der Waals surface area contributed by atoms with Gasteiger partial charge in [-0.15, -0.1) is 12.4 Å². The first-order valence-corrected chi connectivity index (χ1v) is 11.1. The van der Waals surface area contributed by atoms with Crippen molar-refractivity contribution in [2.75, 3.05) is 28.5 Å². The highest BCUT2D eigenvalue weighted by molar-refractivity contribution is 5.99. The molecule has 12 heteroatoms. The van der Waals surface area contributed by atoms with Crippen LogP contribution in [-0.4, -0.2) is 33.7 Å². The number of hydrogen-bond donors (Lipinski definition) is 4. The molecule has 0 aliphatic rings. The van der Waals surface area contributed by atoms with E-state index >= 15 is 0 Å². The number of nitrogens with one attached hydrogen (secondary N) is 4. The summed E-state index contributed by atoms with van der Waals surface area (Å²) in [6.07, 6.45) is 1.61. The molecule has 0 aliphatic heterocycles. The molecule has 0 saturated heterocycles. The maximum absolute atomic E-state index is 11.2. The summed E-state index contributed by atoms with van der Waals surface area (Å²) in [5.41, 5.74) is 5.98. The number of carbonyl (C=O) groups excluding carboxylic acids is 1. The number of halogens is 1. The Labute approximate surface area is 220 Å². The second-order valence-electron chi connectivity index (χ2n) is 7.66. The van der Waals surface area contributed by atoms with E-state index in [0.717, 1.165) is 22.8 Å².